The molecule has 2 saturated heterocycles. The average molecular weight is 1320 g/mol. The minimum Gasteiger partial charge on any atom is -0.444 e. The van der Waals surface area contributed by atoms with Crippen LogP contribution in [0.15, 0.2) is 73.8 Å². The molecule has 2 atom stereocenters. The first-order chi connectivity index (χ1) is 40.7. The first-order valence-electron chi connectivity index (χ1n) is 27.6. The monoisotopic (exact) mass is 1310 g/mol. The predicted molar refractivity (Wildman–Crippen MR) is 320 cm³/mol. The molecule has 0 spiro atoms. The number of carbonyl (C=O) groups is 2. The van der Waals surface area contributed by atoms with E-state index in [0.29, 0.717) is 49.5 Å². The lowest BCUT2D eigenvalue weighted by Gasteiger charge is -2.30. The number of carbonyl (C=O) groups excluding carboxylic acids is 2. The minimum atomic E-state index is -4.74. The molecule has 22 nitrogen and oxygen atoms in total. The number of hydrogen-bond acceptors (Lipinski definition) is 16. The number of benzene rings is 2. The van der Waals surface area contributed by atoms with Gasteiger partial charge < -0.3 is 39.0 Å². The maximum Gasteiger partial charge on any atom is 0.420 e. The van der Waals surface area contributed by atoms with E-state index in [-0.39, 0.29) is 83.7 Å². The molecule has 0 aliphatic carbocycles. The second kappa shape index (κ2) is 26.7. The van der Waals surface area contributed by atoms with Crippen molar-refractivity contribution in [3.05, 3.63) is 106 Å². The molecule has 0 radical (unpaired) electrons. The number of halogens is 8. The summed E-state index contributed by atoms with van der Waals surface area (Å²) in [7, 11) is -3.41. The maximum absolute atomic E-state index is 14.0. The fourth-order valence-corrected chi connectivity index (χ4v) is 11.6. The van der Waals surface area contributed by atoms with Crippen molar-refractivity contribution in [3.8, 4) is 34.2 Å². The van der Waals surface area contributed by atoms with Crippen molar-refractivity contribution in [2.45, 2.75) is 129 Å². The molecule has 2 aliphatic heterocycles. The number of piperidine rings is 2. The molecule has 2 amide bonds. The Morgan fingerprint density at radius 1 is 0.591 bits per heavy atom. The Morgan fingerprint density at radius 2 is 0.920 bits per heavy atom. The molecule has 2 fully saturated rings. The van der Waals surface area contributed by atoms with Crippen molar-refractivity contribution >= 4 is 67.3 Å². The third-order valence-corrected chi connectivity index (χ3v) is 17.6. The van der Waals surface area contributed by atoms with Gasteiger partial charge in [0.2, 0.25) is 31.9 Å². The summed E-state index contributed by atoms with van der Waals surface area (Å²) < 4.78 is 147. The molecule has 8 rings (SSSR count). The first kappa shape index (κ1) is 68.6. The van der Waals surface area contributed by atoms with E-state index in [9.17, 15) is 52.8 Å². The quantitative estimate of drug-likeness (QED) is 0.0963. The van der Waals surface area contributed by atoms with Crippen molar-refractivity contribution in [1.82, 2.24) is 57.4 Å². The van der Waals surface area contributed by atoms with Gasteiger partial charge in [-0.15, -0.1) is 0 Å². The number of nitrogens with zero attached hydrogens (tertiary/aromatic N) is 12. The zero-order chi connectivity index (χ0) is 65.2. The number of alkyl halides is 6. The van der Waals surface area contributed by atoms with E-state index in [1.165, 1.54) is 52.6 Å². The number of anilines is 2. The lowest BCUT2D eigenvalue weighted by molar-refractivity contribution is -0.138. The van der Waals surface area contributed by atoms with Crippen molar-refractivity contribution in [2.75, 3.05) is 63.4 Å². The number of ether oxygens (including phenoxy) is 2. The van der Waals surface area contributed by atoms with Crippen molar-refractivity contribution in [3.63, 3.8) is 0 Å². The van der Waals surface area contributed by atoms with E-state index >= 15 is 0 Å². The number of amides is 2. The van der Waals surface area contributed by atoms with Gasteiger partial charge in [-0.05, 0) is 116 Å². The van der Waals surface area contributed by atoms with Gasteiger partial charge in [0.25, 0.3) is 0 Å². The number of rotatable bonds is 14. The van der Waals surface area contributed by atoms with E-state index < -0.39 is 78.3 Å². The number of nitrogens with one attached hydrogen (secondary N) is 2. The SMILES string of the molecule is CC(c1ccc(-n2cnc(-c3nc(NC4CCN(S(C)(=O)=O)CC4)ncc3C(F)(F)F)c2)c(Cl)c1)N(C)C(=O)OC(C)(C)C.CC(c1ccc(-n2cnc(-c3nc(NC4CCN(S(C)(=O)=O)CC4)ncc3C(F)(F)F)c2)c(Cl)c1)N(C)C(=O)OC(C)(C)C. The van der Waals surface area contributed by atoms with Crippen LogP contribution in [0.25, 0.3) is 34.2 Å². The van der Waals surface area contributed by atoms with E-state index in [1.807, 2.05) is 13.8 Å². The number of sulfonamides is 2. The largest absolute Gasteiger partial charge is 0.444 e. The van der Waals surface area contributed by atoms with Crippen molar-refractivity contribution < 1.29 is 62.2 Å². The van der Waals surface area contributed by atoms with Gasteiger partial charge in [-0.1, -0.05) is 35.3 Å². The lowest BCUT2D eigenvalue weighted by atomic mass is 10.1. The van der Waals surface area contributed by atoms with Crippen molar-refractivity contribution in [1.29, 1.82) is 0 Å². The Kier molecular flexibility index (Phi) is 20.8. The van der Waals surface area contributed by atoms with E-state index in [0.717, 1.165) is 23.6 Å². The molecule has 0 bridgehead atoms. The van der Waals surface area contributed by atoms with Crippen LogP contribution < -0.4 is 10.6 Å². The number of imidazole rings is 2. The molecule has 2 N–H and O–H groups in total. The smallest absolute Gasteiger partial charge is 0.420 e. The van der Waals surface area contributed by atoms with Gasteiger partial charge in [0.1, 0.15) is 57.8 Å². The van der Waals surface area contributed by atoms with Gasteiger partial charge in [-0.2, -0.15) is 26.3 Å². The Balaban J connectivity index is 0.000000251. The van der Waals surface area contributed by atoms with Gasteiger partial charge in [0, 0.05) is 77.1 Å². The van der Waals surface area contributed by atoms with E-state index in [2.05, 4.69) is 40.5 Å². The molecule has 32 heteroatoms. The third kappa shape index (κ3) is 17.7. The molecule has 2 aromatic carbocycles. The molecule has 2 aliphatic rings. The summed E-state index contributed by atoms with van der Waals surface area (Å²) in [6.07, 6.45) is 0.454. The third-order valence-electron chi connectivity index (χ3n) is 14.3. The second-order valence-corrected chi connectivity index (χ2v) is 28.1. The summed E-state index contributed by atoms with van der Waals surface area (Å²) >= 11 is 13.2. The van der Waals surface area contributed by atoms with Gasteiger partial charge in [0.05, 0.1) is 46.0 Å². The standard InChI is InChI=1S/2C28H35ClF3N7O4S/c2*1-17(37(5)26(40)43-27(2,3)4)18-7-8-23(21(29)13-18)38-15-22(34-16-38)24-20(28(30,31)32)14-33-25(36-24)35-19-9-11-39(12-10-19)44(6,41)42/h2*7-8,13-17,19H,9-12H2,1-6H3,(H,33,35,36). The highest BCUT2D eigenvalue weighted by atomic mass is 35.5. The fourth-order valence-electron chi connectivity index (χ4n) is 9.31. The summed E-state index contributed by atoms with van der Waals surface area (Å²) in [6, 6.07) is 9.03. The van der Waals surface area contributed by atoms with Crippen LogP contribution in [-0.2, 0) is 41.9 Å². The summed E-state index contributed by atoms with van der Waals surface area (Å²) in [5, 5.41) is 6.64. The molecule has 88 heavy (non-hydrogen) atoms. The van der Waals surface area contributed by atoms with E-state index in [4.69, 9.17) is 32.7 Å². The summed E-state index contributed by atoms with van der Waals surface area (Å²) in [5.74, 6) is -0.0447. The Bertz CT molecular complexity index is 3470. The summed E-state index contributed by atoms with van der Waals surface area (Å²) in [6.45, 7) is 15.4. The normalized spacial score (nSPS) is 16.0. The molecule has 2 unspecified atom stereocenters. The van der Waals surface area contributed by atoms with Gasteiger partial charge >= 0.3 is 24.5 Å². The number of hydrogen-bond donors (Lipinski definition) is 2. The Hall–Kier alpha value is -6.86. The molecule has 4 aromatic heterocycles. The summed E-state index contributed by atoms with van der Waals surface area (Å²) in [5.41, 5.74) is -1.99. The van der Waals surface area contributed by atoms with Crippen LogP contribution >= 0.6 is 23.2 Å². The highest BCUT2D eigenvalue weighted by Gasteiger charge is 2.39. The highest BCUT2D eigenvalue weighted by Crippen LogP contribution is 2.39. The Labute approximate surface area is 517 Å². The zero-order valence-electron chi connectivity index (χ0n) is 50.4. The Morgan fingerprint density at radius 3 is 1.20 bits per heavy atom. The van der Waals surface area contributed by atoms with Crippen LogP contribution in [0.3, 0.4) is 0 Å². The van der Waals surface area contributed by atoms with Crippen LogP contribution in [0.4, 0.5) is 47.8 Å². The zero-order valence-corrected chi connectivity index (χ0v) is 53.5. The molecule has 6 aromatic rings. The molecule has 0 saturated carbocycles. The fraction of sp³-hybridized carbons (Fsp3) is 0.500. The van der Waals surface area contributed by atoms with Gasteiger partial charge in [-0.25, -0.2) is 64.9 Å². The average Bonchev–Trinajstić information content (AvgIpc) is 3.32. The van der Waals surface area contributed by atoms with Crippen LogP contribution in [0.1, 0.15) is 115 Å². The van der Waals surface area contributed by atoms with Crippen LogP contribution in [0.2, 0.25) is 10.0 Å². The lowest BCUT2D eigenvalue weighted by Crippen LogP contribution is -2.42. The number of aromatic nitrogens is 8. The van der Waals surface area contributed by atoms with Crippen LogP contribution in [-0.4, -0.2) is 163 Å². The highest BCUT2D eigenvalue weighted by molar-refractivity contribution is 7.88. The van der Waals surface area contributed by atoms with E-state index in [1.54, 1.807) is 92.0 Å². The molecular weight excluding hydrogens is 1250 g/mol. The topological polar surface area (TPSA) is 245 Å². The first-order valence-corrected chi connectivity index (χ1v) is 32.0. The maximum atomic E-state index is 14.0. The molecule has 480 valence electrons. The summed E-state index contributed by atoms with van der Waals surface area (Å²) in [4.78, 5) is 52.4. The van der Waals surface area contributed by atoms with Crippen LogP contribution in [0, 0.1) is 0 Å². The van der Waals surface area contributed by atoms with Crippen LogP contribution in [0.5, 0.6) is 0 Å². The minimum absolute atomic E-state index is 0.0224. The van der Waals surface area contributed by atoms with Gasteiger partial charge in [0.15, 0.2) is 0 Å². The molecular formula is C56H70Cl2F6N14O8S2. The second-order valence-electron chi connectivity index (χ2n) is 23.4. The van der Waals surface area contributed by atoms with Crippen molar-refractivity contribution in [2.24, 2.45) is 0 Å². The van der Waals surface area contributed by atoms with Gasteiger partial charge in [-0.3, -0.25) is 0 Å². The predicted octanol–water partition coefficient (Wildman–Crippen LogP) is 11.5. The molecule has 6 heterocycles.